The van der Waals surface area contributed by atoms with E-state index in [-0.39, 0.29) is 6.04 Å². The number of hydrogen-bond donors (Lipinski definition) is 2. The summed E-state index contributed by atoms with van der Waals surface area (Å²) in [5, 5.41) is 2.35. The molecule has 3 aromatic heterocycles. The van der Waals surface area contributed by atoms with Crippen LogP contribution in [0.15, 0.2) is 35.5 Å². The Hall–Kier alpha value is -3.87. The Morgan fingerprint density at radius 3 is 2.74 bits per heavy atom. The van der Waals surface area contributed by atoms with Gasteiger partial charge in [0.25, 0.3) is 5.56 Å². The zero-order valence-electron chi connectivity index (χ0n) is 21.0. The van der Waals surface area contributed by atoms with E-state index in [4.69, 9.17) is 9.72 Å². The second-order valence-electron chi connectivity index (χ2n) is 9.48. The first kappa shape index (κ1) is 25.8. The third kappa shape index (κ3) is 5.10. The Balaban J connectivity index is 1.29. The molecule has 0 saturated carbocycles. The minimum atomic E-state index is -4.64. The molecule has 0 bridgehead atoms. The lowest BCUT2D eigenvalue weighted by atomic mass is 9.93. The molecule has 13 heteroatoms. The van der Waals surface area contributed by atoms with Gasteiger partial charge < -0.3 is 29.4 Å². The van der Waals surface area contributed by atoms with E-state index in [1.807, 2.05) is 12.3 Å². The molecule has 1 aliphatic heterocycles. The van der Waals surface area contributed by atoms with Gasteiger partial charge in [0, 0.05) is 45.6 Å². The number of pyridine rings is 1. The molecule has 5 rings (SSSR count). The molecule has 1 saturated heterocycles. The van der Waals surface area contributed by atoms with Gasteiger partial charge in [0.2, 0.25) is 0 Å². The third-order valence-electron chi connectivity index (χ3n) is 7.05. The molecule has 2 aliphatic rings. The summed E-state index contributed by atoms with van der Waals surface area (Å²) in [7, 11) is 2.78. The van der Waals surface area contributed by atoms with E-state index in [2.05, 4.69) is 20.2 Å². The molecule has 3 aromatic rings. The van der Waals surface area contributed by atoms with Gasteiger partial charge in [0.1, 0.15) is 11.2 Å². The number of carbonyl (C=O) groups excluding carboxylic acids is 1. The Bertz CT molecular complexity index is 1440. The fraction of sp³-hybridized carbons (Fsp3) is 0.440. The molecule has 4 heterocycles. The Labute approximate surface area is 216 Å². The van der Waals surface area contributed by atoms with Crippen molar-refractivity contribution in [2.24, 2.45) is 7.05 Å². The molecule has 0 aromatic carbocycles. The molecule has 202 valence electrons. The van der Waals surface area contributed by atoms with Crippen LogP contribution in [-0.2, 0) is 18.0 Å². The second-order valence-corrected chi connectivity index (χ2v) is 9.48. The number of aryl methyl sites for hydroxylation is 1. The number of morpholine rings is 1. The van der Waals surface area contributed by atoms with Crippen molar-refractivity contribution in [3.05, 3.63) is 52.3 Å². The van der Waals surface area contributed by atoms with Crippen molar-refractivity contribution in [3.63, 3.8) is 0 Å². The number of urea groups is 1. The van der Waals surface area contributed by atoms with Gasteiger partial charge in [0.05, 0.1) is 36.4 Å². The predicted octanol–water partition coefficient (Wildman–Crippen LogP) is 3.61. The summed E-state index contributed by atoms with van der Waals surface area (Å²) in [5.74, 6) is 0. The number of anilines is 2. The number of allylic oxidation sites excluding steroid dienone is 1. The van der Waals surface area contributed by atoms with Crippen molar-refractivity contribution in [2.45, 2.75) is 31.5 Å². The van der Waals surface area contributed by atoms with Crippen LogP contribution in [0.1, 0.15) is 30.5 Å². The number of nitrogens with zero attached hydrogens (tertiary/aromatic N) is 5. The number of ether oxygens (including phenoxy) is 1. The van der Waals surface area contributed by atoms with Gasteiger partial charge >= 0.3 is 12.2 Å². The summed E-state index contributed by atoms with van der Waals surface area (Å²) in [6, 6.07) is -0.179. The van der Waals surface area contributed by atoms with Crippen LogP contribution in [0.5, 0.6) is 0 Å². The zero-order valence-corrected chi connectivity index (χ0v) is 21.0. The van der Waals surface area contributed by atoms with E-state index in [0.29, 0.717) is 50.4 Å². The molecular weight excluding hydrogens is 503 g/mol. The van der Waals surface area contributed by atoms with Crippen LogP contribution in [0.2, 0.25) is 0 Å². The first-order valence-electron chi connectivity index (χ1n) is 12.3. The number of H-pyrrole nitrogens is 1. The molecule has 2 N–H and O–H groups in total. The minimum Gasteiger partial charge on any atom is -0.378 e. The quantitative estimate of drug-likeness (QED) is 0.533. The van der Waals surface area contributed by atoms with E-state index in [9.17, 15) is 22.8 Å². The smallest absolute Gasteiger partial charge is 0.378 e. The van der Waals surface area contributed by atoms with Gasteiger partial charge in [0.15, 0.2) is 5.65 Å². The highest BCUT2D eigenvalue weighted by Gasteiger charge is 2.32. The maximum Gasteiger partial charge on any atom is 0.417 e. The molecule has 0 spiro atoms. The number of amides is 2. The highest BCUT2D eigenvalue weighted by molar-refractivity contribution is 5.90. The Morgan fingerprint density at radius 1 is 1.29 bits per heavy atom. The molecule has 1 unspecified atom stereocenters. The number of carbonyl (C=O) groups is 1. The van der Waals surface area contributed by atoms with E-state index >= 15 is 0 Å². The van der Waals surface area contributed by atoms with E-state index < -0.39 is 29.0 Å². The number of aromatic nitrogens is 4. The number of rotatable bonds is 4. The van der Waals surface area contributed by atoms with E-state index in [0.717, 1.165) is 40.1 Å². The number of halogens is 3. The van der Waals surface area contributed by atoms with Gasteiger partial charge in [-0.25, -0.2) is 14.8 Å². The highest BCUT2D eigenvalue weighted by atomic mass is 19.4. The molecule has 1 aliphatic carbocycles. The molecule has 1 atom stereocenters. The van der Waals surface area contributed by atoms with Crippen LogP contribution < -0.4 is 15.8 Å². The summed E-state index contributed by atoms with van der Waals surface area (Å²) < 4.78 is 45.7. The summed E-state index contributed by atoms with van der Waals surface area (Å²) in [6.07, 6.45) is 3.51. The molecule has 0 radical (unpaired) electrons. The summed E-state index contributed by atoms with van der Waals surface area (Å²) >= 11 is 0. The summed E-state index contributed by atoms with van der Waals surface area (Å²) in [5.41, 5.74) is 2.13. The SMILES string of the molecule is CN(C(=O)Nc1cc(C(F)(F)F)cn(C)c1=O)C1CC=C(c2cnc3[nH]cc(N4CCOCC4)c3n2)CC1. The van der Waals surface area contributed by atoms with Crippen LogP contribution in [-0.4, -0.2) is 69.8 Å². The van der Waals surface area contributed by atoms with Crippen molar-refractivity contribution in [3.8, 4) is 0 Å². The van der Waals surface area contributed by atoms with Gasteiger partial charge in [-0.1, -0.05) is 6.08 Å². The van der Waals surface area contributed by atoms with Crippen molar-refractivity contribution in [1.82, 2.24) is 24.4 Å². The number of hydrogen-bond acceptors (Lipinski definition) is 6. The van der Waals surface area contributed by atoms with Crippen molar-refractivity contribution < 1.29 is 22.7 Å². The van der Waals surface area contributed by atoms with Crippen LogP contribution in [0.4, 0.5) is 29.3 Å². The standard InChI is InChI=1S/C25H28F3N7O3/c1-33-14-16(25(26,27)28)11-18(23(33)36)32-24(37)34(2)17-5-3-15(4-6-17)19-12-29-22-21(31-19)20(13-30-22)35-7-9-38-10-8-35/h3,11-14,17H,4-10H2,1-2H3,(H,29,30)(H,32,37). The third-order valence-corrected chi connectivity index (χ3v) is 7.05. The first-order chi connectivity index (χ1) is 18.1. The molecule has 1 fully saturated rings. The topological polar surface area (TPSA) is 108 Å². The monoisotopic (exact) mass is 531 g/mol. The van der Waals surface area contributed by atoms with Crippen LogP contribution in [0.25, 0.3) is 16.7 Å². The number of aromatic amines is 1. The van der Waals surface area contributed by atoms with E-state index in [1.165, 1.54) is 11.9 Å². The Morgan fingerprint density at radius 2 is 2.05 bits per heavy atom. The van der Waals surface area contributed by atoms with Gasteiger partial charge in [-0.2, -0.15) is 13.2 Å². The molecule has 10 nitrogen and oxygen atoms in total. The fourth-order valence-electron chi connectivity index (χ4n) is 4.81. The normalized spacial score (nSPS) is 18.4. The number of alkyl halides is 3. The predicted molar refractivity (Wildman–Crippen MR) is 136 cm³/mol. The first-order valence-corrected chi connectivity index (χ1v) is 12.3. The molecule has 38 heavy (non-hydrogen) atoms. The van der Waals surface area contributed by atoms with Gasteiger partial charge in [-0.15, -0.1) is 0 Å². The highest BCUT2D eigenvalue weighted by Crippen LogP contribution is 2.32. The lowest BCUT2D eigenvalue weighted by Gasteiger charge is -2.31. The van der Waals surface area contributed by atoms with Crippen LogP contribution >= 0.6 is 0 Å². The van der Waals surface area contributed by atoms with Gasteiger partial charge in [-0.05, 0) is 30.9 Å². The maximum absolute atomic E-state index is 13.2. The van der Waals surface area contributed by atoms with Crippen molar-refractivity contribution >= 4 is 34.1 Å². The van der Waals surface area contributed by atoms with E-state index in [1.54, 1.807) is 13.2 Å². The minimum absolute atomic E-state index is 0.193. The fourth-order valence-corrected chi connectivity index (χ4v) is 4.81. The summed E-state index contributed by atoms with van der Waals surface area (Å²) in [4.78, 5) is 41.4. The Kier molecular flexibility index (Phi) is 6.86. The van der Waals surface area contributed by atoms with Crippen molar-refractivity contribution in [1.29, 1.82) is 0 Å². The second kappa shape index (κ2) is 10.1. The largest absolute Gasteiger partial charge is 0.417 e. The lowest BCUT2D eigenvalue weighted by Crippen LogP contribution is -2.41. The average molecular weight is 532 g/mol. The molecular formula is C25H28F3N7O3. The van der Waals surface area contributed by atoms with Crippen LogP contribution in [0, 0.1) is 0 Å². The average Bonchev–Trinajstić information content (AvgIpc) is 3.34. The van der Waals surface area contributed by atoms with Crippen molar-refractivity contribution in [2.75, 3.05) is 43.6 Å². The molecule has 2 amide bonds. The number of nitrogens with one attached hydrogen (secondary N) is 2. The van der Waals surface area contributed by atoms with Crippen LogP contribution in [0.3, 0.4) is 0 Å². The number of fused-ring (bicyclic) bond motifs is 1. The lowest BCUT2D eigenvalue weighted by molar-refractivity contribution is -0.138. The van der Waals surface area contributed by atoms with Gasteiger partial charge in [-0.3, -0.25) is 4.79 Å². The summed E-state index contributed by atoms with van der Waals surface area (Å²) in [6.45, 7) is 2.89. The zero-order chi connectivity index (χ0) is 27.0. The maximum atomic E-state index is 13.2.